The van der Waals surface area contributed by atoms with Crippen molar-refractivity contribution in [1.29, 1.82) is 0 Å². The molecule has 0 fully saturated rings. The highest BCUT2D eigenvalue weighted by atomic mass is 16.3. The lowest BCUT2D eigenvalue weighted by Gasteiger charge is -2.08. The lowest BCUT2D eigenvalue weighted by Crippen LogP contribution is -2.24. The first-order chi connectivity index (χ1) is 7.61. The SMILES string of the molecule is CCCC(N)CC(=O)Cc1ccc(O)cc1. The highest BCUT2D eigenvalue weighted by molar-refractivity contribution is 5.81. The smallest absolute Gasteiger partial charge is 0.138 e. The van der Waals surface area contributed by atoms with Gasteiger partial charge in [-0.25, -0.2) is 0 Å². The number of phenols is 1. The molecule has 88 valence electrons. The van der Waals surface area contributed by atoms with Gasteiger partial charge in [0, 0.05) is 18.9 Å². The van der Waals surface area contributed by atoms with Crippen LogP contribution in [0.4, 0.5) is 0 Å². The van der Waals surface area contributed by atoms with Gasteiger partial charge in [0.15, 0.2) is 0 Å². The maximum Gasteiger partial charge on any atom is 0.138 e. The molecule has 0 saturated carbocycles. The Morgan fingerprint density at radius 3 is 2.56 bits per heavy atom. The number of aromatic hydroxyl groups is 1. The van der Waals surface area contributed by atoms with Crippen molar-refractivity contribution in [3.05, 3.63) is 29.8 Å². The molecular weight excluding hydrogens is 202 g/mol. The first kappa shape index (κ1) is 12.7. The van der Waals surface area contributed by atoms with Crippen molar-refractivity contribution < 1.29 is 9.90 Å². The van der Waals surface area contributed by atoms with E-state index in [2.05, 4.69) is 6.92 Å². The number of carbonyl (C=O) groups is 1. The molecule has 0 aliphatic carbocycles. The summed E-state index contributed by atoms with van der Waals surface area (Å²) in [5, 5.41) is 9.10. The minimum atomic E-state index is -0.0189. The second-order valence-electron chi connectivity index (χ2n) is 4.13. The van der Waals surface area contributed by atoms with Gasteiger partial charge in [0.1, 0.15) is 11.5 Å². The summed E-state index contributed by atoms with van der Waals surface area (Å²) in [7, 11) is 0. The standard InChI is InChI=1S/C13H19NO2/c1-2-3-11(14)9-13(16)8-10-4-6-12(15)7-5-10/h4-7,11,15H,2-3,8-9,14H2,1H3. The number of phenolic OH excluding ortho intramolecular Hbond substituents is 1. The molecule has 16 heavy (non-hydrogen) atoms. The molecule has 1 atom stereocenters. The van der Waals surface area contributed by atoms with Crippen molar-refractivity contribution >= 4 is 5.78 Å². The first-order valence-electron chi connectivity index (χ1n) is 5.67. The molecule has 0 aromatic heterocycles. The number of Topliss-reactive ketones (excluding diaryl/α,β-unsaturated/α-hetero) is 1. The van der Waals surface area contributed by atoms with Crippen LogP contribution in [0.3, 0.4) is 0 Å². The minimum absolute atomic E-state index is 0.0189. The number of hydrogen-bond acceptors (Lipinski definition) is 3. The second-order valence-corrected chi connectivity index (χ2v) is 4.13. The van der Waals surface area contributed by atoms with Crippen molar-refractivity contribution in [3.8, 4) is 5.75 Å². The molecule has 0 aliphatic rings. The van der Waals surface area contributed by atoms with Crippen LogP contribution in [0.25, 0.3) is 0 Å². The van der Waals surface area contributed by atoms with Crippen LogP contribution in [0.5, 0.6) is 5.75 Å². The quantitative estimate of drug-likeness (QED) is 0.772. The number of benzene rings is 1. The summed E-state index contributed by atoms with van der Waals surface area (Å²) in [6, 6.07) is 6.69. The van der Waals surface area contributed by atoms with E-state index in [4.69, 9.17) is 10.8 Å². The topological polar surface area (TPSA) is 63.3 Å². The van der Waals surface area contributed by atoms with E-state index >= 15 is 0 Å². The van der Waals surface area contributed by atoms with Gasteiger partial charge in [-0.05, 0) is 24.1 Å². The van der Waals surface area contributed by atoms with Gasteiger partial charge >= 0.3 is 0 Å². The molecule has 0 bridgehead atoms. The number of carbonyl (C=O) groups excluding carboxylic acids is 1. The largest absolute Gasteiger partial charge is 0.508 e. The van der Waals surface area contributed by atoms with Gasteiger partial charge in [-0.3, -0.25) is 4.79 Å². The maximum absolute atomic E-state index is 11.6. The fraction of sp³-hybridized carbons (Fsp3) is 0.462. The summed E-state index contributed by atoms with van der Waals surface area (Å²) in [5.74, 6) is 0.380. The molecular formula is C13H19NO2. The highest BCUT2D eigenvalue weighted by Crippen LogP contribution is 2.11. The number of nitrogens with two attached hydrogens (primary N) is 1. The Morgan fingerprint density at radius 1 is 1.38 bits per heavy atom. The molecule has 3 nitrogen and oxygen atoms in total. The Morgan fingerprint density at radius 2 is 2.00 bits per heavy atom. The third-order valence-electron chi connectivity index (χ3n) is 2.49. The van der Waals surface area contributed by atoms with E-state index in [-0.39, 0.29) is 17.6 Å². The zero-order valence-electron chi connectivity index (χ0n) is 9.65. The van der Waals surface area contributed by atoms with Gasteiger partial charge in [-0.1, -0.05) is 25.5 Å². The average Bonchev–Trinajstić information content (AvgIpc) is 2.21. The Kier molecular flexibility index (Phi) is 4.99. The molecule has 0 aliphatic heterocycles. The molecule has 3 heteroatoms. The molecule has 1 aromatic carbocycles. The summed E-state index contributed by atoms with van der Waals surface area (Å²) in [5.41, 5.74) is 6.72. The minimum Gasteiger partial charge on any atom is -0.508 e. The van der Waals surface area contributed by atoms with Gasteiger partial charge < -0.3 is 10.8 Å². The number of ketones is 1. The van der Waals surface area contributed by atoms with Crippen LogP contribution in [0.1, 0.15) is 31.7 Å². The molecule has 0 radical (unpaired) electrons. The van der Waals surface area contributed by atoms with Crippen molar-refractivity contribution in [1.82, 2.24) is 0 Å². The van der Waals surface area contributed by atoms with Gasteiger partial charge in [0.25, 0.3) is 0 Å². The molecule has 0 spiro atoms. The van der Waals surface area contributed by atoms with Crippen LogP contribution >= 0.6 is 0 Å². The van der Waals surface area contributed by atoms with Gasteiger partial charge in [-0.15, -0.1) is 0 Å². The van der Waals surface area contributed by atoms with Crippen LogP contribution in [0, 0.1) is 0 Å². The summed E-state index contributed by atoms with van der Waals surface area (Å²) in [4.78, 5) is 11.6. The van der Waals surface area contributed by atoms with E-state index in [0.29, 0.717) is 12.8 Å². The molecule has 0 saturated heterocycles. The van der Waals surface area contributed by atoms with Gasteiger partial charge in [0.05, 0.1) is 0 Å². The summed E-state index contributed by atoms with van der Waals surface area (Å²) in [6.45, 7) is 2.06. The summed E-state index contributed by atoms with van der Waals surface area (Å²) in [6.07, 6.45) is 2.74. The van der Waals surface area contributed by atoms with E-state index in [9.17, 15) is 4.79 Å². The normalized spacial score (nSPS) is 12.4. The van der Waals surface area contributed by atoms with Crippen LogP contribution in [0.2, 0.25) is 0 Å². The summed E-state index contributed by atoms with van der Waals surface area (Å²) >= 11 is 0. The molecule has 3 N–H and O–H groups in total. The molecule has 0 amide bonds. The Hall–Kier alpha value is -1.35. The molecule has 1 unspecified atom stereocenters. The Labute approximate surface area is 96.3 Å². The fourth-order valence-corrected chi connectivity index (χ4v) is 1.68. The van der Waals surface area contributed by atoms with Crippen LogP contribution < -0.4 is 5.73 Å². The second kappa shape index (κ2) is 6.28. The third kappa shape index (κ3) is 4.45. The molecule has 1 aromatic rings. The van der Waals surface area contributed by atoms with E-state index in [1.165, 1.54) is 0 Å². The lowest BCUT2D eigenvalue weighted by atomic mass is 10.0. The van der Waals surface area contributed by atoms with E-state index in [1.54, 1.807) is 24.3 Å². The van der Waals surface area contributed by atoms with Gasteiger partial charge in [-0.2, -0.15) is 0 Å². The zero-order valence-corrected chi connectivity index (χ0v) is 9.65. The van der Waals surface area contributed by atoms with E-state index < -0.39 is 0 Å². The van der Waals surface area contributed by atoms with Crippen molar-refractivity contribution in [3.63, 3.8) is 0 Å². The molecule has 1 rings (SSSR count). The van der Waals surface area contributed by atoms with E-state index in [0.717, 1.165) is 18.4 Å². The monoisotopic (exact) mass is 221 g/mol. The van der Waals surface area contributed by atoms with Crippen molar-refractivity contribution in [2.24, 2.45) is 5.73 Å². The van der Waals surface area contributed by atoms with Crippen LogP contribution in [-0.4, -0.2) is 16.9 Å². The predicted molar refractivity (Wildman–Crippen MR) is 64.3 cm³/mol. The van der Waals surface area contributed by atoms with Gasteiger partial charge in [0.2, 0.25) is 0 Å². The first-order valence-corrected chi connectivity index (χ1v) is 5.67. The Balaban J connectivity index is 2.42. The van der Waals surface area contributed by atoms with E-state index in [1.807, 2.05) is 0 Å². The highest BCUT2D eigenvalue weighted by Gasteiger charge is 2.09. The zero-order chi connectivity index (χ0) is 12.0. The number of rotatable bonds is 6. The fourth-order valence-electron chi connectivity index (χ4n) is 1.68. The Bertz CT molecular complexity index is 332. The average molecular weight is 221 g/mol. The predicted octanol–water partition coefficient (Wildman–Crippen LogP) is 2.02. The maximum atomic E-state index is 11.6. The third-order valence-corrected chi connectivity index (χ3v) is 2.49. The van der Waals surface area contributed by atoms with Crippen molar-refractivity contribution in [2.75, 3.05) is 0 Å². The lowest BCUT2D eigenvalue weighted by molar-refractivity contribution is -0.118. The summed E-state index contributed by atoms with van der Waals surface area (Å²) < 4.78 is 0. The van der Waals surface area contributed by atoms with Crippen LogP contribution in [-0.2, 0) is 11.2 Å². The number of hydrogen-bond donors (Lipinski definition) is 2. The van der Waals surface area contributed by atoms with Crippen LogP contribution in [0.15, 0.2) is 24.3 Å². The molecule has 0 heterocycles. The van der Waals surface area contributed by atoms with Crippen molar-refractivity contribution in [2.45, 2.75) is 38.6 Å².